The van der Waals surface area contributed by atoms with Crippen LogP contribution < -0.4 is 5.73 Å². The molecule has 0 amide bonds. The quantitative estimate of drug-likeness (QED) is 0.707. The molecule has 19 heavy (non-hydrogen) atoms. The van der Waals surface area contributed by atoms with Crippen LogP contribution in [0, 0.1) is 17.2 Å². The highest BCUT2D eigenvalue weighted by atomic mass is 15.3. The van der Waals surface area contributed by atoms with Gasteiger partial charge in [-0.05, 0) is 51.5 Å². The van der Waals surface area contributed by atoms with Crippen molar-refractivity contribution in [3.63, 3.8) is 0 Å². The van der Waals surface area contributed by atoms with Crippen LogP contribution in [-0.4, -0.2) is 54.6 Å². The molecule has 1 heterocycles. The van der Waals surface area contributed by atoms with Crippen LogP contribution in [0.2, 0.25) is 0 Å². The average Bonchev–Trinajstić information content (AvgIpc) is 3.21. The molecule has 2 aliphatic rings. The summed E-state index contributed by atoms with van der Waals surface area (Å²) in [5.74, 6) is 1.01. The zero-order valence-corrected chi connectivity index (χ0v) is 12.3. The molecule has 0 aromatic rings. The molecule has 4 heteroatoms. The van der Waals surface area contributed by atoms with Crippen molar-refractivity contribution < 1.29 is 0 Å². The molecule has 0 bridgehead atoms. The molecule has 0 radical (unpaired) electrons. The average molecular weight is 264 g/mol. The second-order valence-electron chi connectivity index (χ2n) is 6.57. The summed E-state index contributed by atoms with van der Waals surface area (Å²) in [4.78, 5) is 5.18. The van der Waals surface area contributed by atoms with Crippen LogP contribution in [0.25, 0.3) is 0 Å². The van der Waals surface area contributed by atoms with Gasteiger partial charge in [0.25, 0.3) is 0 Å². The summed E-state index contributed by atoms with van der Waals surface area (Å²) in [5.41, 5.74) is 5.19. The standard InChI is InChI=1S/C15H28N4/c1-15(17,13-16)6-2-3-7-18-8-10-19(11-9-18)12-14-4-5-14/h14H,2-12,17H2,1H3. The Kier molecular flexibility index (Phi) is 5.20. The minimum atomic E-state index is -0.636. The zero-order chi connectivity index (χ0) is 13.7. The van der Waals surface area contributed by atoms with Gasteiger partial charge in [-0.2, -0.15) is 5.26 Å². The molecular formula is C15H28N4. The second-order valence-corrected chi connectivity index (χ2v) is 6.57. The predicted molar refractivity (Wildman–Crippen MR) is 77.7 cm³/mol. The number of hydrogen-bond acceptors (Lipinski definition) is 4. The summed E-state index contributed by atoms with van der Waals surface area (Å²) in [7, 11) is 0. The van der Waals surface area contributed by atoms with Crippen LogP contribution >= 0.6 is 0 Å². The third-order valence-electron chi connectivity index (χ3n) is 4.35. The van der Waals surface area contributed by atoms with E-state index in [-0.39, 0.29) is 0 Å². The minimum absolute atomic E-state index is 0.636. The second kappa shape index (κ2) is 6.69. The van der Waals surface area contributed by atoms with E-state index in [2.05, 4.69) is 15.9 Å². The highest BCUT2D eigenvalue weighted by Crippen LogP contribution is 2.29. The van der Waals surface area contributed by atoms with Crippen LogP contribution in [0.5, 0.6) is 0 Å². The lowest BCUT2D eigenvalue weighted by atomic mass is 9.98. The van der Waals surface area contributed by atoms with E-state index >= 15 is 0 Å². The van der Waals surface area contributed by atoms with E-state index in [1.807, 2.05) is 6.92 Å². The maximum atomic E-state index is 8.86. The summed E-state index contributed by atoms with van der Waals surface area (Å²) in [6.07, 6.45) is 5.94. The Hall–Kier alpha value is -0.630. The van der Waals surface area contributed by atoms with Crippen molar-refractivity contribution in [1.82, 2.24) is 9.80 Å². The summed E-state index contributed by atoms with van der Waals surface area (Å²) < 4.78 is 0. The van der Waals surface area contributed by atoms with Crippen molar-refractivity contribution in [3.05, 3.63) is 0 Å². The molecule has 108 valence electrons. The van der Waals surface area contributed by atoms with Crippen LogP contribution in [0.15, 0.2) is 0 Å². The fraction of sp³-hybridized carbons (Fsp3) is 0.933. The maximum Gasteiger partial charge on any atom is 0.101 e. The molecule has 4 nitrogen and oxygen atoms in total. The van der Waals surface area contributed by atoms with Crippen molar-refractivity contribution in [3.8, 4) is 6.07 Å². The Labute approximate surface area is 117 Å². The first-order chi connectivity index (χ1) is 9.09. The molecule has 1 aliphatic carbocycles. The van der Waals surface area contributed by atoms with E-state index in [0.717, 1.165) is 25.2 Å². The lowest BCUT2D eigenvalue weighted by Gasteiger charge is -2.34. The molecule has 2 N–H and O–H groups in total. The molecule has 1 saturated heterocycles. The van der Waals surface area contributed by atoms with Gasteiger partial charge >= 0.3 is 0 Å². The number of rotatable bonds is 7. The normalized spacial score (nSPS) is 24.9. The summed E-state index contributed by atoms with van der Waals surface area (Å²) in [5, 5.41) is 8.86. The number of hydrogen-bond donors (Lipinski definition) is 1. The molecule has 1 unspecified atom stereocenters. The van der Waals surface area contributed by atoms with Gasteiger partial charge in [-0.1, -0.05) is 0 Å². The van der Waals surface area contributed by atoms with Crippen LogP contribution in [0.3, 0.4) is 0 Å². The van der Waals surface area contributed by atoms with Crippen molar-refractivity contribution in [1.29, 1.82) is 5.26 Å². The summed E-state index contributed by atoms with van der Waals surface area (Å²) in [6, 6.07) is 2.17. The molecule has 1 aliphatic heterocycles. The molecular weight excluding hydrogens is 236 g/mol. The largest absolute Gasteiger partial charge is 0.314 e. The van der Waals surface area contributed by atoms with Gasteiger partial charge in [0.15, 0.2) is 0 Å². The molecule has 0 aromatic heterocycles. The van der Waals surface area contributed by atoms with Gasteiger partial charge in [0, 0.05) is 32.7 Å². The number of nitrogens with zero attached hydrogens (tertiary/aromatic N) is 3. The molecule has 2 rings (SSSR count). The topological polar surface area (TPSA) is 56.3 Å². The first-order valence-corrected chi connectivity index (χ1v) is 7.74. The van der Waals surface area contributed by atoms with Crippen LogP contribution in [0.4, 0.5) is 0 Å². The summed E-state index contributed by atoms with van der Waals surface area (Å²) >= 11 is 0. The molecule has 0 spiro atoms. The van der Waals surface area contributed by atoms with Gasteiger partial charge in [-0.25, -0.2) is 0 Å². The van der Waals surface area contributed by atoms with Crippen molar-refractivity contribution >= 4 is 0 Å². The maximum absolute atomic E-state index is 8.86. The van der Waals surface area contributed by atoms with Gasteiger partial charge in [0.2, 0.25) is 0 Å². The van der Waals surface area contributed by atoms with E-state index in [0.29, 0.717) is 0 Å². The van der Waals surface area contributed by atoms with Crippen molar-refractivity contribution in [2.75, 3.05) is 39.3 Å². The molecule has 0 aromatic carbocycles. The number of nitriles is 1. The van der Waals surface area contributed by atoms with E-state index in [1.54, 1.807) is 0 Å². The lowest BCUT2D eigenvalue weighted by molar-refractivity contribution is 0.126. The Balaban J connectivity index is 1.52. The number of unbranched alkanes of at least 4 members (excludes halogenated alkanes) is 1. The smallest absolute Gasteiger partial charge is 0.101 e. The SMILES string of the molecule is CC(N)(C#N)CCCCN1CCN(CC2CC2)CC1. The van der Waals surface area contributed by atoms with Gasteiger partial charge in [-0.3, -0.25) is 0 Å². The van der Waals surface area contributed by atoms with Crippen LogP contribution in [0.1, 0.15) is 39.0 Å². The van der Waals surface area contributed by atoms with Crippen LogP contribution in [-0.2, 0) is 0 Å². The molecule has 1 atom stereocenters. The van der Waals surface area contributed by atoms with E-state index < -0.39 is 5.54 Å². The van der Waals surface area contributed by atoms with Crippen molar-refractivity contribution in [2.45, 2.75) is 44.6 Å². The Morgan fingerprint density at radius 2 is 1.79 bits per heavy atom. The van der Waals surface area contributed by atoms with Gasteiger partial charge in [0.05, 0.1) is 6.07 Å². The molecule has 1 saturated carbocycles. The van der Waals surface area contributed by atoms with E-state index in [4.69, 9.17) is 11.0 Å². The predicted octanol–water partition coefficient (Wildman–Crippen LogP) is 1.43. The monoisotopic (exact) mass is 264 g/mol. The van der Waals surface area contributed by atoms with Gasteiger partial charge < -0.3 is 15.5 Å². The Morgan fingerprint density at radius 1 is 1.16 bits per heavy atom. The fourth-order valence-electron chi connectivity index (χ4n) is 2.74. The highest BCUT2D eigenvalue weighted by molar-refractivity contribution is 5.00. The number of nitrogens with two attached hydrogens (primary N) is 1. The first kappa shape index (κ1) is 14.8. The lowest BCUT2D eigenvalue weighted by Crippen LogP contribution is -2.47. The minimum Gasteiger partial charge on any atom is -0.314 e. The van der Waals surface area contributed by atoms with Gasteiger partial charge in [0.1, 0.15) is 5.54 Å². The first-order valence-electron chi connectivity index (χ1n) is 7.74. The highest BCUT2D eigenvalue weighted by Gasteiger charge is 2.26. The number of piperazine rings is 1. The third kappa shape index (κ3) is 5.48. The summed E-state index contributed by atoms with van der Waals surface area (Å²) in [6.45, 7) is 9.23. The fourth-order valence-corrected chi connectivity index (χ4v) is 2.74. The van der Waals surface area contributed by atoms with Gasteiger partial charge in [-0.15, -0.1) is 0 Å². The van der Waals surface area contributed by atoms with E-state index in [1.165, 1.54) is 52.1 Å². The Bertz CT molecular complexity index is 309. The zero-order valence-electron chi connectivity index (χ0n) is 12.3. The third-order valence-corrected chi connectivity index (χ3v) is 4.35. The molecule has 2 fully saturated rings. The van der Waals surface area contributed by atoms with Crippen molar-refractivity contribution in [2.24, 2.45) is 11.7 Å². The van der Waals surface area contributed by atoms with E-state index in [9.17, 15) is 0 Å². The Morgan fingerprint density at radius 3 is 2.37 bits per heavy atom.